The van der Waals surface area contributed by atoms with E-state index in [0.29, 0.717) is 17.3 Å². The fraction of sp³-hybridized carbons (Fsp3) is 0.154. The van der Waals surface area contributed by atoms with Crippen LogP contribution in [0.2, 0.25) is 0 Å². The van der Waals surface area contributed by atoms with Gasteiger partial charge in [-0.3, -0.25) is 0 Å². The van der Waals surface area contributed by atoms with Gasteiger partial charge < -0.3 is 10.3 Å². The number of aryl methyl sites for hydroxylation is 2. The molecule has 0 unspecified atom stereocenters. The van der Waals surface area contributed by atoms with Gasteiger partial charge in [0.2, 0.25) is 0 Å². The number of nitrogens with one attached hydrogen (secondary N) is 1. The molecule has 0 bridgehead atoms. The number of hydrogen-bond acceptors (Lipinski definition) is 5. The summed E-state index contributed by atoms with van der Waals surface area (Å²) in [5.74, 6) is 0.871. The van der Waals surface area contributed by atoms with Gasteiger partial charge in [-0.1, -0.05) is 23.4 Å². The Labute approximate surface area is 109 Å². The lowest BCUT2D eigenvalue weighted by molar-refractivity contribution is 0.434. The number of H-pyrrole nitrogens is 1. The Morgan fingerprint density at radius 3 is 2.74 bits per heavy atom. The van der Waals surface area contributed by atoms with Gasteiger partial charge in [0.05, 0.1) is 11.8 Å². The van der Waals surface area contributed by atoms with Gasteiger partial charge in [-0.2, -0.15) is 15.4 Å². The minimum atomic E-state index is 0.348. The SMILES string of the molecule is Cc1ccc(-c2c(N)noc2-c2cn[nH]n2)cc1C. The minimum Gasteiger partial charge on any atom is -0.380 e. The average Bonchev–Trinajstić information content (AvgIpc) is 3.01. The van der Waals surface area contributed by atoms with Crippen LogP contribution in [0.5, 0.6) is 0 Å². The molecule has 0 radical (unpaired) electrons. The van der Waals surface area contributed by atoms with E-state index in [0.717, 1.165) is 11.1 Å². The molecule has 6 heteroatoms. The van der Waals surface area contributed by atoms with E-state index in [4.69, 9.17) is 10.3 Å². The summed E-state index contributed by atoms with van der Waals surface area (Å²) in [4.78, 5) is 0. The van der Waals surface area contributed by atoms with Gasteiger partial charge in [0, 0.05) is 0 Å². The Hall–Kier alpha value is -2.63. The summed E-state index contributed by atoms with van der Waals surface area (Å²) in [7, 11) is 0. The van der Waals surface area contributed by atoms with Gasteiger partial charge in [0.25, 0.3) is 0 Å². The van der Waals surface area contributed by atoms with E-state index in [2.05, 4.69) is 40.5 Å². The summed E-state index contributed by atoms with van der Waals surface area (Å²) in [5, 5.41) is 14.1. The first-order valence-electron chi connectivity index (χ1n) is 5.85. The van der Waals surface area contributed by atoms with Crippen LogP contribution in [0.15, 0.2) is 28.9 Å². The van der Waals surface area contributed by atoms with Crippen LogP contribution in [0.3, 0.4) is 0 Å². The maximum Gasteiger partial charge on any atom is 0.198 e. The van der Waals surface area contributed by atoms with E-state index < -0.39 is 0 Å². The molecule has 1 aromatic carbocycles. The Morgan fingerprint density at radius 2 is 2.05 bits per heavy atom. The van der Waals surface area contributed by atoms with Gasteiger partial charge in [0.1, 0.15) is 0 Å². The number of aromatic amines is 1. The second kappa shape index (κ2) is 4.24. The largest absolute Gasteiger partial charge is 0.380 e. The van der Waals surface area contributed by atoms with Crippen molar-refractivity contribution in [2.24, 2.45) is 0 Å². The first-order chi connectivity index (χ1) is 9.16. The molecule has 3 rings (SSSR count). The van der Waals surface area contributed by atoms with E-state index >= 15 is 0 Å². The Morgan fingerprint density at radius 1 is 1.21 bits per heavy atom. The molecule has 0 spiro atoms. The molecule has 0 saturated heterocycles. The van der Waals surface area contributed by atoms with Crippen molar-refractivity contribution >= 4 is 5.82 Å². The third kappa shape index (κ3) is 1.87. The van der Waals surface area contributed by atoms with E-state index in [1.54, 1.807) is 6.20 Å². The summed E-state index contributed by atoms with van der Waals surface area (Å²) in [6.45, 7) is 4.12. The Bertz CT molecular complexity index is 715. The zero-order chi connectivity index (χ0) is 13.4. The predicted octanol–water partition coefficient (Wildman–Crippen LogP) is 2.33. The number of nitrogen functional groups attached to an aromatic ring is 1. The van der Waals surface area contributed by atoms with Crippen molar-refractivity contribution < 1.29 is 4.52 Å². The van der Waals surface area contributed by atoms with Crippen molar-refractivity contribution in [3.63, 3.8) is 0 Å². The molecule has 2 heterocycles. The van der Waals surface area contributed by atoms with Crippen LogP contribution in [0.1, 0.15) is 11.1 Å². The normalized spacial score (nSPS) is 10.8. The number of nitrogens with zero attached hydrogens (tertiary/aromatic N) is 3. The van der Waals surface area contributed by atoms with E-state index in [1.165, 1.54) is 11.1 Å². The highest BCUT2D eigenvalue weighted by Crippen LogP contribution is 2.35. The van der Waals surface area contributed by atoms with Crippen LogP contribution in [-0.4, -0.2) is 20.6 Å². The number of benzene rings is 1. The van der Waals surface area contributed by atoms with Crippen molar-refractivity contribution in [1.82, 2.24) is 20.6 Å². The Kier molecular flexibility index (Phi) is 2.56. The van der Waals surface area contributed by atoms with Crippen LogP contribution in [0.25, 0.3) is 22.6 Å². The monoisotopic (exact) mass is 255 g/mol. The maximum atomic E-state index is 5.90. The smallest absolute Gasteiger partial charge is 0.198 e. The zero-order valence-corrected chi connectivity index (χ0v) is 10.6. The lowest BCUT2D eigenvalue weighted by Crippen LogP contribution is -1.90. The second-order valence-electron chi connectivity index (χ2n) is 4.43. The number of anilines is 1. The van der Waals surface area contributed by atoms with Crippen LogP contribution in [-0.2, 0) is 0 Å². The molecule has 0 saturated carbocycles. The molecule has 3 aromatic rings. The summed E-state index contributed by atoms with van der Waals surface area (Å²) >= 11 is 0. The molecule has 6 nitrogen and oxygen atoms in total. The molecule has 0 atom stereocenters. The van der Waals surface area contributed by atoms with Crippen LogP contribution in [0.4, 0.5) is 5.82 Å². The van der Waals surface area contributed by atoms with Gasteiger partial charge in [-0.25, -0.2) is 0 Å². The average molecular weight is 255 g/mol. The highest BCUT2D eigenvalue weighted by atomic mass is 16.5. The van der Waals surface area contributed by atoms with E-state index in [-0.39, 0.29) is 0 Å². The molecule has 3 N–H and O–H groups in total. The second-order valence-corrected chi connectivity index (χ2v) is 4.43. The molecule has 0 amide bonds. The van der Waals surface area contributed by atoms with Crippen molar-refractivity contribution in [2.45, 2.75) is 13.8 Å². The van der Waals surface area contributed by atoms with Gasteiger partial charge in [0.15, 0.2) is 17.3 Å². The first kappa shape index (κ1) is 11.5. The summed E-state index contributed by atoms with van der Waals surface area (Å²) in [6.07, 6.45) is 1.57. The lowest BCUT2D eigenvalue weighted by Gasteiger charge is -2.04. The molecule has 0 fully saturated rings. The quantitative estimate of drug-likeness (QED) is 0.733. The van der Waals surface area contributed by atoms with Crippen LogP contribution < -0.4 is 5.73 Å². The third-order valence-electron chi connectivity index (χ3n) is 3.16. The molecule has 0 aliphatic heterocycles. The predicted molar refractivity (Wildman–Crippen MR) is 71.2 cm³/mol. The topological polar surface area (TPSA) is 93.6 Å². The summed E-state index contributed by atoms with van der Waals surface area (Å²) in [5.41, 5.74) is 10.6. The minimum absolute atomic E-state index is 0.348. The molecule has 0 aliphatic carbocycles. The van der Waals surface area contributed by atoms with Gasteiger partial charge in [-0.15, -0.1) is 0 Å². The van der Waals surface area contributed by atoms with E-state index in [1.807, 2.05) is 12.1 Å². The van der Waals surface area contributed by atoms with Crippen molar-refractivity contribution in [1.29, 1.82) is 0 Å². The zero-order valence-electron chi connectivity index (χ0n) is 10.6. The fourth-order valence-corrected chi connectivity index (χ4v) is 1.96. The maximum absolute atomic E-state index is 5.90. The molecular formula is C13H13N5O. The van der Waals surface area contributed by atoms with Gasteiger partial charge in [-0.05, 0) is 30.5 Å². The van der Waals surface area contributed by atoms with Gasteiger partial charge >= 0.3 is 0 Å². The van der Waals surface area contributed by atoms with Crippen molar-refractivity contribution in [3.05, 3.63) is 35.5 Å². The van der Waals surface area contributed by atoms with Crippen molar-refractivity contribution in [2.75, 3.05) is 5.73 Å². The van der Waals surface area contributed by atoms with Crippen LogP contribution >= 0.6 is 0 Å². The summed E-state index contributed by atoms with van der Waals surface area (Å²) in [6, 6.07) is 6.10. The number of nitrogens with two attached hydrogens (primary N) is 1. The van der Waals surface area contributed by atoms with Crippen molar-refractivity contribution in [3.8, 4) is 22.6 Å². The summed E-state index contributed by atoms with van der Waals surface area (Å²) < 4.78 is 5.27. The molecular weight excluding hydrogens is 242 g/mol. The first-order valence-corrected chi connectivity index (χ1v) is 5.85. The number of aromatic nitrogens is 4. The van der Waals surface area contributed by atoms with E-state index in [9.17, 15) is 0 Å². The molecule has 96 valence electrons. The standard InChI is InChI=1S/C13H13N5O/c1-7-3-4-9(5-8(7)2)11-12(19-17-13(11)14)10-6-15-18-16-10/h3-6H,1-2H3,(H2,14,17)(H,15,16,18). The molecule has 0 aliphatic rings. The fourth-order valence-electron chi connectivity index (χ4n) is 1.96. The molecule has 19 heavy (non-hydrogen) atoms. The molecule has 2 aromatic heterocycles. The number of hydrogen-bond donors (Lipinski definition) is 2. The van der Waals surface area contributed by atoms with Crippen LogP contribution in [0, 0.1) is 13.8 Å². The highest BCUT2D eigenvalue weighted by Gasteiger charge is 2.19. The number of rotatable bonds is 2. The Balaban J connectivity index is 2.19. The highest BCUT2D eigenvalue weighted by molar-refractivity contribution is 5.85. The third-order valence-corrected chi connectivity index (χ3v) is 3.16. The lowest BCUT2D eigenvalue weighted by atomic mass is 10.00.